The number of nitrogens with two attached hydrogens (primary N) is 1. The van der Waals surface area contributed by atoms with Crippen LogP contribution in [0.15, 0.2) is 81.7 Å². The third-order valence-electron chi connectivity index (χ3n) is 3.97. The number of amidine groups is 1. The van der Waals surface area contributed by atoms with Crippen LogP contribution in [0.4, 0.5) is 0 Å². The van der Waals surface area contributed by atoms with Crippen LogP contribution in [-0.4, -0.2) is 11.8 Å². The number of oxime groups is 1. The molecule has 0 fully saturated rings. The van der Waals surface area contributed by atoms with Gasteiger partial charge in [0.05, 0.1) is 4.88 Å². The topological polar surface area (TPSA) is 87.1 Å². The van der Waals surface area contributed by atoms with E-state index in [9.17, 15) is 4.79 Å². The maximum atomic E-state index is 12.0. The summed E-state index contributed by atoms with van der Waals surface area (Å²) in [6, 6.07) is 20.6. The quantitative estimate of drug-likeness (QED) is 0.225. The number of fused-ring (bicyclic) bond motifs is 1. The molecule has 0 aliphatic carbocycles. The fourth-order valence-electron chi connectivity index (χ4n) is 2.58. The van der Waals surface area contributed by atoms with Gasteiger partial charge in [-0.15, -0.1) is 11.3 Å². The molecule has 2 heterocycles. The van der Waals surface area contributed by atoms with Crippen molar-refractivity contribution < 1.29 is 18.8 Å². The zero-order valence-electron chi connectivity index (χ0n) is 14.7. The van der Waals surface area contributed by atoms with Crippen LogP contribution in [0, 0.1) is 0 Å². The highest BCUT2D eigenvalue weighted by Gasteiger charge is 2.14. The number of carbonyl (C=O) groups excluding carboxylic acids is 1. The van der Waals surface area contributed by atoms with E-state index in [1.165, 1.54) is 17.4 Å². The molecule has 0 atom stereocenters. The molecule has 4 aromatic rings. The number of carbonyl (C=O) groups is 1. The predicted octanol–water partition coefficient (Wildman–Crippen LogP) is 4.55. The standard InChI is InChI=1S/C21H16N2O4S/c22-20(19-6-3-11-28-19)23-27-21(24)18-10-9-17(26-18)13-25-16-8-7-14-4-1-2-5-15(14)12-16/h1-12H,13H2,(H2,22,23). The average Bonchev–Trinajstić information content (AvgIpc) is 3.42. The van der Waals surface area contributed by atoms with E-state index in [0.29, 0.717) is 11.5 Å². The first-order chi connectivity index (χ1) is 13.7. The second kappa shape index (κ2) is 7.98. The SMILES string of the molecule is N/C(=N\OC(=O)c1ccc(COc2ccc3ccccc3c2)o1)c1cccs1. The summed E-state index contributed by atoms with van der Waals surface area (Å²) in [6.45, 7) is 0.187. The van der Waals surface area contributed by atoms with Gasteiger partial charge < -0.3 is 19.7 Å². The Labute approximate surface area is 164 Å². The van der Waals surface area contributed by atoms with Gasteiger partial charge in [0.1, 0.15) is 18.1 Å². The number of thiophene rings is 1. The molecule has 6 nitrogen and oxygen atoms in total. The smallest absolute Gasteiger partial charge is 0.400 e. The molecule has 2 N–H and O–H groups in total. The van der Waals surface area contributed by atoms with Crippen LogP contribution < -0.4 is 10.5 Å². The lowest BCUT2D eigenvalue weighted by Crippen LogP contribution is -2.13. The molecule has 0 amide bonds. The first kappa shape index (κ1) is 17.8. The van der Waals surface area contributed by atoms with Gasteiger partial charge >= 0.3 is 5.97 Å². The number of hydrogen-bond donors (Lipinski definition) is 1. The Morgan fingerprint density at radius 2 is 1.89 bits per heavy atom. The molecule has 0 spiro atoms. The van der Waals surface area contributed by atoms with E-state index in [1.54, 1.807) is 12.1 Å². The van der Waals surface area contributed by atoms with E-state index in [4.69, 9.17) is 19.7 Å². The highest BCUT2D eigenvalue weighted by molar-refractivity contribution is 7.12. The van der Waals surface area contributed by atoms with Gasteiger partial charge in [0.15, 0.2) is 5.84 Å². The second-order valence-corrected chi connectivity index (χ2v) is 6.84. The molecule has 0 radical (unpaired) electrons. The summed E-state index contributed by atoms with van der Waals surface area (Å²) in [5.41, 5.74) is 5.76. The summed E-state index contributed by atoms with van der Waals surface area (Å²) in [5.74, 6) is 0.647. The van der Waals surface area contributed by atoms with Crippen molar-refractivity contribution in [3.8, 4) is 5.75 Å². The lowest BCUT2D eigenvalue weighted by Gasteiger charge is -2.05. The Kier molecular flexibility index (Phi) is 5.07. The van der Waals surface area contributed by atoms with Crippen molar-refractivity contribution >= 4 is 33.9 Å². The molecule has 0 aliphatic rings. The number of hydrogen-bond acceptors (Lipinski definition) is 6. The third kappa shape index (κ3) is 4.05. The van der Waals surface area contributed by atoms with Crippen LogP contribution in [-0.2, 0) is 11.4 Å². The van der Waals surface area contributed by atoms with Crippen LogP contribution in [0.2, 0.25) is 0 Å². The van der Waals surface area contributed by atoms with Gasteiger partial charge in [-0.1, -0.05) is 41.6 Å². The number of furan rings is 1. The van der Waals surface area contributed by atoms with Crippen molar-refractivity contribution in [1.29, 1.82) is 0 Å². The largest absolute Gasteiger partial charge is 0.486 e. The molecule has 4 rings (SSSR count). The van der Waals surface area contributed by atoms with Gasteiger partial charge in [-0.3, -0.25) is 0 Å². The van der Waals surface area contributed by atoms with Crippen LogP contribution in [0.3, 0.4) is 0 Å². The zero-order chi connectivity index (χ0) is 19.3. The van der Waals surface area contributed by atoms with E-state index in [0.717, 1.165) is 15.6 Å². The van der Waals surface area contributed by atoms with Gasteiger partial charge in [-0.05, 0) is 46.5 Å². The lowest BCUT2D eigenvalue weighted by atomic mass is 10.1. The summed E-state index contributed by atoms with van der Waals surface area (Å²) >= 11 is 1.40. The van der Waals surface area contributed by atoms with Crippen molar-refractivity contribution in [3.63, 3.8) is 0 Å². The Balaban J connectivity index is 1.37. The fraction of sp³-hybridized carbons (Fsp3) is 0.0476. The minimum atomic E-state index is -0.725. The minimum Gasteiger partial charge on any atom is -0.486 e. The molecule has 28 heavy (non-hydrogen) atoms. The van der Waals surface area contributed by atoms with E-state index >= 15 is 0 Å². The maximum absolute atomic E-state index is 12.0. The summed E-state index contributed by atoms with van der Waals surface area (Å²) in [4.78, 5) is 17.6. The summed E-state index contributed by atoms with van der Waals surface area (Å²) in [7, 11) is 0. The minimum absolute atomic E-state index is 0.0276. The van der Waals surface area contributed by atoms with Gasteiger partial charge in [-0.25, -0.2) is 4.79 Å². The van der Waals surface area contributed by atoms with E-state index in [2.05, 4.69) is 5.16 Å². The maximum Gasteiger partial charge on any atom is 0.400 e. The third-order valence-corrected chi connectivity index (χ3v) is 4.86. The van der Waals surface area contributed by atoms with Crippen molar-refractivity contribution in [2.75, 3.05) is 0 Å². The number of benzene rings is 2. The van der Waals surface area contributed by atoms with Crippen molar-refractivity contribution in [2.24, 2.45) is 10.9 Å². The summed E-state index contributed by atoms with van der Waals surface area (Å²) in [5, 5.41) is 7.72. The van der Waals surface area contributed by atoms with E-state index in [1.807, 2.05) is 53.9 Å². The Bertz CT molecular complexity index is 1130. The van der Waals surface area contributed by atoms with Crippen LogP contribution in [0.1, 0.15) is 21.2 Å². The van der Waals surface area contributed by atoms with Gasteiger partial charge in [0.2, 0.25) is 5.76 Å². The van der Waals surface area contributed by atoms with Gasteiger partial charge in [0.25, 0.3) is 0 Å². The normalized spacial score (nSPS) is 11.5. The average molecular weight is 392 g/mol. The molecule has 0 saturated heterocycles. The molecule has 0 saturated carbocycles. The van der Waals surface area contributed by atoms with Crippen LogP contribution in [0.25, 0.3) is 10.8 Å². The van der Waals surface area contributed by atoms with Gasteiger partial charge in [-0.2, -0.15) is 0 Å². The number of ether oxygens (including phenoxy) is 1. The molecule has 140 valence electrons. The summed E-state index contributed by atoms with van der Waals surface area (Å²) in [6.07, 6.45) is 0. The van der Waals surface area contributed by atoms with Crippen molar-refractivity contribution in [3.05, 3.63) is 88.5 Å². The van der Waals surface area contributed by atoms with Gasteiger partial charge in [0, 0.05) is 0 Å². The van der Waals surface area contributed by atoms with Crippen LogP contribution >= 0.6 is 11.3 Å². The molecule has 0 aliphatic heterocycles. The number of nitrogens with zero attached hydrogens (tertiary/aromatic N) is 1. The van der Waals surface area contributed by atoms with E-state index < -0.39 is 5.97 Å². The molecule has 2 aromatic carbocycles. The highest BCUT2D eigenvalue weighted by atomic mass is 32.1. The first-order valence-corrected chi connectivity index (χ1v) is 9.36. The summed E-state index contributed by atoms with van der Waals surface area (Å²) < 4.78 is 11.2. The highest BCUT2D eigenvalue weighted by Crippen LogP contribution is 2.22. The van der Waals surface area contributed by atoms with Crippen molar-refractivity contribution in [2.45, 2.75) is 6.61 Å². The lowest BCUT2D eigenvalue weighted by molar-refractivity contribution is 0.0475. The Morgan fingerprint density at radius 1 is 1.04 bits per heavy atom. The number of rotatable bonds is 6. The predicted molar refractivity (Wildman–Crippen MR) is 107 cm³/mol. The Hall–Kier alpha value is -3.58. The molecule has 7 heteroatoms. The molecular formula is C21H16N2O4S. The molecule has 0 bridgehead atoms. The molecule has 0 unspecified atom stereocenters. The van der Waals surface area contributed by atoms with Crippen LogP contribution in [0.5, 0.6) is 5.75 Å². The fourth-order valence-corrected chi connectivity index (χ4v) is 3.20. The van der Waals surface area contributed by atoms with E-state index in [-0.39, 0.29) is 18.2 Å². The van der Waals surface area contributed by atoms with Crippen molar-refractivity contribution in [1.82, 2.24) is 0 Å². The second-order valence-electron chi connectivity index (χ2n) is 5.90. The Morgan fingerprint density at radius 3 is 2.71 bits per heavy atom. The molecule has 2 aromatic heterocycles. The zero-order valence-corrected chi connectivity index (χ0v) is 15.5. The first-order valence-electron chi connectivity index (χ1n) is 8.48. The molecular weight excluding hydrogens is 376 g/mol. The monoisotopic (exact) mass is 392 g/mol.